The van der Waals surface area contributed by atoms with Gasteiger partial charge in [-0.2, -0.15) is 0 Å². The Bertz CT molecular complexity index is 2180. The van der Waals surface area contributed by atoms with Crippen LogP contribution in [-0.2, 0) is 37.1 Å². The first kappa shape index (κ1) is 34.1. The van der Waals surface area contributed by atoms with Gasteiger partial charge in [0.05, 0.1) is 34.5 Å². The number of anilines is 1. The van der Waals surface area contributed by atoms with Gasteiger partial charge >= 0.3 is 11.9 Å². The van der Waals surface area contributed by atoms with E-state index in [2.05, 4.69) is 20.3 Å². The fourth-order valence-electron chi connectivity index (χ4n) is 6.16. The minimum absolute atomic E-state index is 0.0863. The molecule has 0 aromatic carbocycles. The van der Waals surface area contributed by atoms with E-state index >= 15 is 0 Å². The molecule has 18 heteroatoms. The molecule has 51 heavy (non-hydrogen) atoms. The summed E-state index contributed by atoms with van der Waals surface area (Å²) in [6, 6.07) is 5.83. The molecule has 0 bridgehead atoms. The summed E-state index contributed by atoms with van der Waals surface area (Å²) < 4.78 is 9.49. The van der Waals surface area contributed by atoms with Crippen molar-refractivity contribution in [2.75, 3.05) is 18.0 Å². The fraction of sp³-hybridized carbons (Fsp3) is 0.364. The molecule has 3 aliphatic rings. The predicted octanol–water partition coefficient (Wildman–Crippen LogP) is 2.70. The Morgan fingerprint density at radius 1 is 1.25 bits per heavy atom. The van der Waals surface area contributed by atoms with E-state index in [-0.39, 0.29) is 35.2 Å². The van der Waals surface area contributed by atoms with E-state index in [1.807, 2.05) is 45.9 Å². The highest BCUT2D eigenvalue weighted by molar-refractivity contribution is 8.00. The Kier molecular flexibility index (Phi) is 8.96. The number of rotatable bonds is 13. The summed E-state index contributed by atoms with van der Waals surface area (Å²) in [5.41, 5.74) is 6.98. The Hall–Kier alpha value is -5.36. The van der Waals surface area contributed by atoms with Crippen LogP contribution in [0.2, 0.25) is 0 Å². The number of aliphatic carboxylic acids is 2. The summed E-state index contributed by atoms with van der Waals surface area (Å²) in [6.45, 7) is 4.08. The standard InChI is InChI=1S/C33H32N8O8S2/c1-33(2,31(46)47)49-38-26(23-16-51-32(34)36-23)25(42)11-20-28(43)41-27(30(44)45)18(15-50-29(20)41)13-39-8-6-24-17(12-39)5-9-40(24)14-19-10-22(37-48-19)21-4-3-7-35-21/h5-6,8-10,12,16,20,29H,3-4,7,11,13-15H2,1-2H3,(H3-,34,36,44,45,46,47)/p+1/b38-26-/t20-,29-/m1/s1. The molecule has 0 unspecified atom stereocenters. The van der Waals surface area contributed by atoms with Gasteiger partial charge in [0, 0.05) is 48.0 Å². The third-order valence-electron chi connectivity index (χ3n) is 8.87. The molecule has 1 amide bonds. The topological polar surface area (TPSA) is 220 Å². The molecule has 2 atom stereocenters. The lowest BCUT2D eigenvalue weighted by atomic mass is 9.89. The molecule has 16 nitrogen and oxygen atoms in total. The number of pyridine rings is 1. The molecular formula is C33H33N8O8S2+. The number of nitrogen functional groups attached to an aromatic ring is 1. The van der Waals surface area contributed by atoms with Gasteiger partial charge in [0.15, 0.2) is 41.3 Å². The lowest BCUT2D eigenvalue weighted by molar-refractivity contribution is -0.687. The first-order valence-corrected chi connectivity index (χ1v) is 17.9. The number of nitrogens with zero attached hydrogens (tertiary/aromatic N) is 7. The van der Waals surface area contributed by atoms with Crippen molar-refractivity contribution < 1.29 is 43.3 Å². The maximum absolute atomic E-state index is 13.5. The number of oxime groups is 1. The van der Waals surface area contributed by atoms with Gasteiger partial charge in [-0.15, -0.1) is 23.1 Å². The van der Waals surface area contributed by atoms with Crippen LogP contribution in [0.5, 0.6) is 0 Å². The number of carbonyl (C=O) groups is 4. The number of hydrogen-bond donors (Lipinski definition) is 3. The van der Waals surface area contributed by atoms with Crippen molar-refractivity contribution in [2.45, 2.75) is 57.2 Å². The zero-order chi connectivity index (χ0) is 36.0. The summed E-state index contributed by atoms with van der Waals surface area (Å²) in [4.78, 5) is 66.0. The predicted molar refractivity (Wildman–Crippen MR) is 185 cm³/mol. The molecule has 1 saturated heterocycles. The van der Waals surface area contributed by atoms with Crippen LogP contribution in [0.15, 0.2) is 68.1 Å². The SMILES string of the molecule is CC(C)(O/N=C(\C(=O)C[C@@H]1C(=O)N2C(C(=O)O)=C(C[n+]3ccc4c(ccn4Cc4cc(C5=NCCC5)no4)c3)CS[C@H]12)c1csc(N)n1)C(=O)O. The quantitative estimate of drug-likeness (QED) is 0.0782. The van der Waals surface area contributed by atoms with Gasteiger partial charge in [0.25, 0.3) is 0 Å². The second kappa shape index (κ2) is 13.4. The molecule has 0 saturated carbocycles. The van der Waals surface area contributed by atoms with E-state index in [1.54, 1.807) is 0 Å². The average molecular weight is 734 g/mol. The van der Waals surface area contributed by atoms with E-state index in [9.17, 15) is 29.4 Å². The zero-order valence-electron chi connectivity index (χ0n) is 27.5. The molecule has 4 aromatic heterocycles. The molecule has 7 heterocycles. The minimum atomic E-state index is -1.74. The number of ketones is 1. The van der Waals surface area contributed by atoms with Gasteiger partial charge in [-0.3, -0.25) is 19.5 Å². The third-order valence-corrected chi connectivity index (χ3v) is 10.9. The van der Waals surface area contributed by atoms with Crippen LogP contribution in [0.4, 0.5) is 5.13 Å². The highest BCUT2D eigenvalue weighted by atomic mass is 32.2. The molecule has 3 aliphatic heterocycles. The van der Waals surface area contributed by atoms with Crippen LogP contribution < -0.4 is 10.3 Å². The second-order valence-electron chi connectivity index (χ2n) is 12.8. The van der Waals surface area contributed by atoms with Crippen LogP contribution in [0.3, 0.4) is 0 Å². The molecule has 4 N–H and O–H groups in total. The van der Waals surface area contributed by atoms with Crippen molar-refractivity contribution in [1.82, 2.24) is 19.6 Å². The van der Waals surface area contributed by atoms with Gasteiger partial charge in [-0.1, -0.05) is 10.3 Å². The molecule has 1 fully saturated rings. The molecule has 264 valence electrons. The third kappa shape index (κ3) is 6.63. The number of amides is 1. The number of nitrogens with two attached hydrogens (primary N) is 1. The largest absolute Gasteiger partial charge is 0.478 e. The number of Topliss-reactive ketones (excluding diaryl/α,β-unsaturated/α-hetero) is 1. The van der Waals surface area contributed by atoms with E-state index in [0.29, 0.717) is 23.6 Å². The molecule has 0 aliphatic carbocycles. The number of carbonyl (C=O) groups excluding carboxylic acids is 2. The van der Waals surface area contributed by atoms with E-state index in [1.165, 1.54) is 35.9 Å². The fourth-order valence-corrected chi connectivity index (χ4v) is 8.11. The van der Waals surface area contributed by atoms with Gasteiger partial charge < -0.3 is 29.9 Å². The molecule has 0 radical (unpaired) electrons. The Morgan fingerprint density at radius 3 is 2.78 bits per heavy atom. The maximum atomic E-state index is 13.5. The van der Waals surface area contributed by atoms with Crippen molar-refractivity contribution in [1.29, 1.82) is 0 Å². The Labute approximate surface area is 298 Å². The molecular weight excluding hydrogens is 701 g/mol. The summed E-state index contributed by atoms with van der Waals surface area (Å²) in [7, 11) is 0. The van der Waals surface area contributed by atoms with Crippen LogP contribution in [0, 0.1) is 5.92 Å². The summed E-state index contributed by atoms with van der Waals surface area (Å²) in [6.07, 6.45) is 7.35. The number of thioether (sulfide) groups is 1. The number of hydrogen-bond acceptors (Lipinski definition) is 13. The van der Waals surface area contributed by atoms with Crippen molar-refractivity contribution >= 4 is 74.2 Å². The van der Waals surface area contributed by atoms with E-state index < -0.39 is 40.5 Å². The average Bonchev–Trinajstić information content (AvgIpc) is 3.92. The normalized spacial score (nSPS) is 19.3. The smallest absolute Gasteiger partial charge is 0.352 e. The lowest BCUT2D eigenvalue weighted by Crippen LogP contribution is -2.62. The van der Waals surface area contributed by atoms with Crippen molar-refractivity contribution in [3.05, 3.63) is 70.6 Å². The summed E-state index contributed by atoms with van der Waals surface area (Å²) in [5.74, 6) is -3.45. The number of fused-ring (bicyclic) bond motifs is 2. The first-order chi connectivity index (χ1) is 24.4. The van der Waals surface area contributed by atoms with Crippen molar-refractivity contribution in [2.24, 2.45) is 16.1 Å². The van der Waals surface area contributed by atoms with Gasteiger partial charge in [-0.05, 0) is 32.8 Å². The van der Waals surface area contributed by atoms with E-state index in [4.69, 9.17) is 15.1 Å². The highest BCUT2D eigenvalue weighted by Gasteiger charge is 2.54. The van der Waals surface area contributed by atoms with Crippen LogP contribution in [0.25, 0.3) is 10.9 Å². The minimum Gasteiger partial charge on any atom is -0.478 e. The van der Waals surface area contributed by atoms with Crippen molar-refractivity contribution in [3.8, 4) is 0 Å². The van der Waals surface area contributed by atoms with Crippen molar-refractivity contribution in [3.63, 3.8) is 0 Å². The maximum Gasteiger partial charge on any atom is 0.352 e. The Balaban J connectivity index is 1.06. The van der Waals surface area contributed by atoms with Crippen LogP contribution in [-0.4, -0.2) is 88.1 Å². The molecule has 4 aromatic rings. The number of aromatic nitrogens is 4. The van der Waals surface area contributed by atoms with Crippen LogP contribution in [0.1, 0.15) is 50.3 Å². The van der Waals surface area contributed by atoms with Crippen LogP contribution >= 0.6 is 23.1 Å². The zero-order valence-corrected chi connectivity index (χ0v) is 29.1. The number of β-lactam (4-membered cyclic amide) rings is 1. The van der Waals surface area contributed by atoms with Gasteiger partial charge in [-0.25, -0.2) is 19.1 Å². The number of carboxylic acids is 2. The monoisotopic (exact) mass is 733 g/mol. The molecule has 7 rings (SSSR count). The second-order valence-corrected chi connectivity index (χ2v) is 14.8. The van der Waals surface area contributed by atoms with E-state index in [0.717, 1.165) is 53.0 Å². The highest BCUT2D eigenvalue weighted by Crippen LogP contribution is 2.45. The number of carboxylic acid groups (broad SMARTS) is 2. The van der Waals surface area contributed by atoms with Gasteiger partial charge in [0.2, 0.25) is 11.5 Å². The summed E-state index contributed by atoms with van der Waals surface area (Å²) in [5, 5.41) is 29.6. The lowest BCUT2D eigenvalue weighted by Gasteiger charge is -2.49. The number of aliphatic imine (C=N–C) groups is 1. The summed E-state index contributed by atoms with van der Waals surface area (Å²) >= 11 is 2.43. The number of thiazole rings is 1. The van der Waals surface area contributed by atoms with Gasteiger partial charge in [0.1, 0.15) is 17.1 Å². The first-order valence-electron chi connectivity index (χ1n) is 16.0. The molecule has 0 spiro atoms. The Morgan fingerprint density at radius 2 is 2.08 bits per heavy atom.